The summed E-state index contributed by atoms with van der Waals surface area (Å²) in [6, 6.07) is 8.33. The van der Waals surface area contributed by atoms with Crippen LogP contribution in [0, 0.1) is 5.41 Å². The summed E-state index contributed by atoms with van der Waals surface area (Å²) >= 11 is 0. The van der Waals surface area contributed by atoms with Crippen molar-refractivity contribution < 1.29 is 4.74 Å². The molecule has 1 aromatic carbocycles. The van der Waals surface area contributed by atoms with Crippen LogP contribution in [0.25, 0.3) is 0 Å². The molecule has 0 saturated heterocycles. The molecule has 2 heteroatoms. The average Bonchev–Trinajstić information content (AvgIpc) is 2.89. The van der Waals surface area contributed by atoms with Crippen molar-refractivity contribution in [1.82, 2.24) is 0 Å². The Bertz CT molecular complexity index is 405. The molecule has 134 valence electrons. The molecule has 0 amide bonds. The number of nitrogens with one attached hydrogen (secondary N) is 1. The second-order valence-electron chi connectivity index (χ2n) is 6.48. The first-order chi connectivity index (χ1) is 10.8. The van der Waals surface area contributed by atoms with Gasteiger partial charge in [-0.3, -0.25) is 0 Å². The van der Waals surface area contributed by atoms with Crippen molar-refractivity contribution in [1.29, 1.82) is 0 Å². The third kappa shape index (κ3) is 8.80. The highest BCUT2D eigenvalue weighted by Gasteiger charge is 2.34. The monoisotopic (exact) mass is 321 g/mol. The molecule has 1 heterocycles. The van der Waals surface area contributed by atoms with Crippen LogP contribution in [0.2, 0.25) is 0 Å². The lowest BCUT2D eigenvalue weighted by Crippen LogP contribution is -2.27. The Morgan fingerprint density at radius 2 is 1.61 bits per heavy atom. The van der Waals surface area contributed by atoms with E-state index in [0.717, 1.165) is 13.2 Å². The Labute approximate surface area is 145 Å². The van der Waals surface area contributed by atoms with E-state index in [1.165, 1.54) is 17.7 Å². The first-order valence-corrected chi connectivity index (χ1v) is 8.80. The molecule has 1 aliphatic heterocycles. The second-order valence-corrected chi connectivity index (χ2v) is 6.48. The third-order valence-corrected chi connectivity index (χ3v) is 3.64. The summed E-state index contributed by atoms with van der Waals surface area (Å²) < 4.78 is 5.75. The number of fused-ring (bicyclic) bond motifs is 1. The lowest BCUT2D eigenvalue weighted by molar-refractivity contribution is -0.0131. The van der Waals surface area contributed by atoms with E-state index < -0.39 is 0 Å². The molecule has 23 heavy (non-hydrogen) atoms. The highest BCUT2D eigenvalue weighted by molar-refractivity contribution is 5.58. The van der Waals surface area contributed by atoms with Gasteiger partial charge in [-0.15, -0.1) is 13.2 Å². The van der Waals surface area contributed by atoms with E-state index in [4.69, 9.17) is 4.74 Å². The molecule has 0 aromatic heterocycles. The maximum atomic E-state index is 5.75. The molecule has 1 atom stereocenters. The zero-order valence-corrected chi connectivity index (χ0v) is 16.8. The van der Waals surface area contributed by atoms with E-state index >= 15 is 0 Å². The fourth-order valence-electron chi connectivity index (χ4n) is 1.90. The molecule has 1 aliphatic rings. The molecule has 1 aromatic rings. The molecule has 2 rings (SSSR count). The van der Waals surface area contributed by atoms with Crippen LogP contribution in [0.4, 0.5) is 5.69 Å². The standard InChI is InChI=1S/C11H15NO.C6H14.C2H6.C2H4/c1-3-13-11(2)8-12-10-7-5-4-6-9(10)11;1-5-6(2,3)4;2*1-2/h4-7,12H,3,8H2,1-2H3;5H2,1-4H3;1-2H3;1-2H2. The number of hydrogen-bond donors (Lipinski definition) is 1. The number of benzene rings is 1. The molecule has 1 unspecified atom stereocenters. The van der Waals surface area contributed by atoms with Crippen LogP contribution in [0.15, 0.2) is 37.4 Å². The highest BCUT2D eigenvalue weighted by atomic mass is 16.5. The molecule has 0 fully saturated rings. The first kappa shape index (κ1) is 24.0. The number of ether oxygens (including phenoxy) is 1. The van der Waals surface area contributed by atoms with Crippen LogP contribution in [0.5, 0.6) is 0 Å². The zero-order chi connectivity index (χ0) is 18.5. The Kier molecular flexibility index (Phi) is 12.7. The summed E-state index contributed by atoms with van der Waals surface area (Å²) in [7, 11) is 0. The zero-order valence-electron chi connectivity index (χ0n) is 16.8. The minimum atomic E-state index is -0.134. The summed E-state index contributed by atoms with van der Waals surface area (Å²) in [5.41, 5.74) is 2.89. The van der Waals surface area contributed by atoms with Crippen molar-refractivity contribution >= 4 is 5.69 Å². The Hall–Kier alpha value is -1.28. The Morgan fingerprint density at radius 3 is 2.04 bits per heavy atom. The molecule has 0 aliphatic carbocycles. The molecule has 1 N–H and O–H groups in total. The van der Waals surface area contributed by atoms with Gasteiger partial charge in [0.25, 0.3) is 0 Å². The second kappa shape index (κ2) is 12.2. The van der Waals surface area contributed by atoms with Gasteiger partial charge in [-0.2, -0.15) is 0 Å². The van der Waals surface area contributed by atoms with E-state index in [1.807, 2.05) is 26.8 Å². The van der Waals surface area contributed by atoms with E-state index in [2.05, 4.69) is 71.3 Å². The summed E-state index contributed by atoms with van der Waals surface area (Å²) in [4.78, 5) is 0. The number of rotatable bonds is 2. The summed E-state index contributed by atoms with van der Waals surface area (Å²) in [5, 5.41) is 3.35. The van der Waals surface area contributed by atoms with Crippen LogP contribution in [-0.2, 0) is 10.3 Å². The number of hydrogen-bond acceptors (Lipinski definition) is 2. The number of para-hydroxylation sites is 1. The van der Waals surface area contributed by atoms with E-state index in [1.54, 1.807) is 0 Å². The summed E-state index contributed by atoms with van der Waals surface area (Å²) in [5.74, 6) is 0. The fraction of sp³-hybridized carbons (Fsp3) is 0.619. The largest absolute Gasteiger partial charge is 0.381 e. The molecular formula is C21H39NO. The normalized spacial score (nSPS) is 17.9. The topological polar surface area (TPSA) is 21.3 Å². The van der Waals surface area contributed by atoms with Crippen molar-refractivity contribution in [3.8, 4) is 0 Å². The van der Waals surface area contributed by atoms with Gasteiger partial charge in [-0.05, 0) is 25.3 Å². The van der Waals surface area contributed by atoms with Crippen LogP contribution in [-0.4, -0.2) is 13.2 Å². The van der Waals surface area contributed by atoms with Crippen molar-refractivity contribution in [2.24, 2.45) is 5.41 Å². The van der Waals surface area contributed by atoms with Gasteiger partial charge >= 0.3 is 0 Å². The van der Waals surface area contributed by atoms with Gasteiger partial charge in [0.2, 0.25) is 0 Å². The first-order valence-electron chi connectivity index (χ1n) is 8.80. The lowest BCUT2D eigenvalue weighted by atomic mass is 9.94. The quantitative estimate of drug-likeness (QED) is 0.617. The Morgan fingerprint density at radius 1 is 1.13 bits per heavy atom. The van der Waals surface area contributed by atoms with E-state index in [9.17, 15) is 0 Å². The van der Waals surface area contributed by atoms with Gasteiger partial charge < -0.3 is 10.1 Å². The highest BCUT2D eigenvalue weighted by Crippen LogP contribution is 2.36. The van der Waals surface area contributed by atoms with Gasteiger partial charge in [-0.1, -0.05) is 66.2 Å². The van der Waals surface area contributed by atoms with Crippen LogP contribution in [0.3, 0.4) is 0 Å². The van der Waals surface area contributed by atoms with E-state index in [0.29, 0.717) is 5.41 Å². The van der Waals surface area contributed by atoms with Crippen LogP contribution >= 0.6 is 0 Å². The van der Waals surface area contributed by atoms with Gasteiger partial charge in [0.1, 0.15) is 5.60 Å². The maximum absolute atomic E-state index is 5.75. The van der Waals surface area contributed by atoms with Crippen molar-refractivity contribution in [3.05, 3.63) is 43.0 Å². The molecule has 0 saturated carbocycles. The summed E-state index contributed by atoms with van der Waals surface area (Å²) in [6.07, 6.45) is 1.27. The predicted octanol–water partition coefficient (Wildman–Crippen LogP) is 6.63. The van der Waals surface area contributed by atoms with Gasteiger partial charge in [0.05, 0.1) is 0 Å². The van der Waals surface area contributed by atoms with Gasteiger partial charge in [0, 0.05) is 24.4 Å². The number of anilines is 1. The van der Waals surface area contributed by atoms with Crippen molar-refractivity contribution in [2.75, 3.05) is 18.5 Å². The van der Waals surface area contributed by atoms with Crippen molar-refractivity contribution in [3.63, 3.8) is 0 Å². The van der Waals surface area contributed by atoms with Gasteiger partial charge in [0.15, 0.2) is 0 Å². The van der Waals surface area contributed by atoms with Crippen LogP contribution < -0.4 is 5.32 Å². The van der Waals surface area contributed by atoms with E-state index in [-0.39, 0.29) is 5.60 Å². The van der Waals surface area contributed by atoms with Crippen molar-refractivity contribution in [2.45, 2.75) is 67.4 Å². The maximum Gasteiger partial charge on any atom is 0.109 e. The molecule has 0 bridgehead atoms. The average molecular weight is 322 g/mol. The molecular weight excluding hydrogens is 282 g/mol. The van der Waals surface area contributed by atoms with Gasteiger partial charge in [-0.25, -0.2) is 0 Å². The fourth-order valence-corrected chi connectivity index (χ4v) is 1.90. The summed E-state index contributed by atoms with van der Waals surface area (Å²) in [6.45, 7) is 24.7. The predicted molar refractivity (Wildman–Crippen MR) is 106 cm³/mol. The SMILES string of the molecule is C=C.CC.CCC(C)(C)C.CCOC1(C)CNc2ccccc21. The molecule has 0 radical (unpaired) electrons. The molecule has 2 nitrogen and oxygen atoms in total. The minimum Gasteiger partial charge on any atom is -0.381 e. The third-order valence-electron chi connectivity index (χ3n) is 3.64. The Balaban J connectivity index is 0. The smallest absolute Gasteiger partial charge is 0.109 e. The van der Waals surface area contributed by atoms with Crippen LogP contribution in [0.1, 0.15) is 67.4 Å². The lowest BCUT2D eigenvalue weighted by Gasteiger charge is -2.23. The minimum absolute atomic E-state index is 0.134. The molecule has 0 spiro atoms.